The molecule has 0 atom stereocenters. The van der Waals surface area contributed by atoms with E-state index in [9.17, 15) is 9.90 Å². The zero-order valence-electron chi connectivity index (χ0n) is 14.8. The van der Waals surface area contributed by atoms with Gasteiger partial charge in [-0.05, 0) is 74.3 Å². The van der Waals surface area contributed by atoms with Crippen LogP contribution >= 0.6 is 31.9 Å². The molecule has 0 bridgehead atoms. The molecule has 7 nitrogen and oxygen atoms in total. The van der Waals surface area contributed by atoms with Crippen molar-refractivity contribution in [3.05, 3.63) is 80.7 Å². The molecule has 0 aliphatic heterocycles. The van der Waals surface area contributed by atoms with Crippen molar-refractivity contribution in [3.8, 4) is 17.2 Å². The Morgan fingerprint density at radius 2 is 1.69 bits per heavy atom. The predicted octanol–water partition coefficient (Wildman–Crippen LogP) is 5.06. The second-order valence-corrected chi connectivity index (χ2v) is 7.56. The molecule has 0 saturated carbocycles. The lowest BCUT2D eigenvalue weighted by molar-refractivity contribution is 0.102. The summed E-state index contributed by atoms with van der Waals surface area (Å²) in [7, 11) is 0. The van der Waals surface area contributed by atoms with Gasteiger partial charge in [-0.3, -0.25) is 4.79 Å². The van der Waals surface area contributed by atoms with Gasteiger partial charge in [-0.2, -0.15) is 0 Å². The molecule has 0 fully saturated rings. The first kappa shape index (κ1) is 20.7. The third-order valence-electron chi connectivity index (χ3n) is 3.87. The topological polar surface area (TPSA) is 117 Å². The number of oxime groups is 1. The first-order valence-corrected chi connectivity index (χ1v) is 9.82. The van der Waals surface area contributed by atoms with Crippen LogP contribution in [-0.2, 0) is 0 Å². The van der Waals surface area contributed by atoms with E-state index in [-0.39, 0.29) is 17.1 Å². The van der Waals surface area contributed by atoms with Crippen LogP contribution in [0.15, 0.2) is 74.8 Å². The molecule has 0 saturated heterocycles. The molecule has 3 aromatic carbocycles. The number of anilines is 1. The van der Waals surface area contributed by atoms with E-state index < -0.39 is 5.91 Å². The number of para-hydroxylation sites is 1. The van der Waals surface area contributed by atoms with Gasteiger partial charge in [0.2, 0.25) is 0 Å². The van der Waals surface area contributed by atoms with E-state index in [0.717, 1.165) is 0 Å². The molecule has 0 radical (unpaired) electrons. The number of amides is 1. The van der Waals surface area contributed by atoms with E-state index >= 15 is 0 Å². The molecule has 3 rings (SSSR count). The molecule has 0 heterocycles. The van der Waals surface area contributed by atoms with Crippen molar-refractivity contribution in [3.63, 3.8) is 0 Å². The quantitative estimate of drug-likeness (QED) is 0.162. The lowest BCUT2D eigenvalue weighted by atomic mass is 10.1. The molecule has 3 aromatic rings. The average molecular weight is 521 g/mol. The van der Waals surface area contributed by atoms with E-state index in [4.69, 9.17) is 15.7 Å². The number of nitrogens with one attached hydrogen (secondary N) is 1. The lowest BCUT2D eigenvalue weighted by Crippen LogP contribution is -2.13. The van der Waals surface area contributed by atoms with Gasteiger partial charge in [-0.1, -0.05) is 23.4 Å². The highest BCUT2D eigenvalue weighted by Gasteiger charge is 2.16. The van der Waals surface area contributed by atoms with Crippen molar-refractivity contribution >= 4 is 49.3 Å². The number of nitrogens with two attached hydrogens (primary N) is 1. The average Bonchev–Trinajstić information content (AvgIpc) is 2.71. The molecule has 0 unspecified atom stereocenters. The second kappa shape index (κ2) is 8.97. The van der Waals surface area contributed by atoms with Crippen LogP contribution in [0.1, 0.15) is 15.9 Å². The highest BCUT2D eigenvalue weighted by Crippen LogP contribution is 2.38. The number of halogens is 2. The van der Waals surface area contributed by atoms with Gasteiger partial charge in [-0.25, -0.2) is 0 Å². The molecule has 9 heteroatoms. The van der Waals surface area contributed by atoms with Crippen LogP contribution < -0.4 is 15.8 Å². The van der Waals surface area contributed by atoms with Crippen molar-refractivity contribution in [2.75, 3.05) is 5.32 Å². The zero-order chi connectivity index (χ0) is 21.0. The number of amidine groups is 1. The number of ether oxygens (including phenoxy) is 1. The number of phenolic OH excluding ortho intramolecular Hbond substituents is 1. The molecule has 0 aliphatic carbocycles. The van der Waals surface area contributed by atoms with Crippen LogP contribution in [0.4, 0.5) is 5.69 Å². The van der Waals surface area contributed by atoms with E-state index in [0.29, 0.717) is 31.7 Å². The Morgan fingerprint density at radius 3 is 2.31 bits per heavy atom. The summed E-state index contributed by atoms with van der Waals surface area (Å²) in [4.78, 5) is 12.5. The van der Waals surface area contributed by atoms with Crippen LogP contribution in [0.3, 0.4) is 0 Å². The highest BCUT2D eigenvalue weighted by molar-refractivity contribution is 9.11. The monoisotopic (exact) mass is 519 g/mol. The summed E-state index contributed by atoms with van der Waals surface area (Å²) in [6.07, 6.45) is 0. The number of carbonyl (C=O) groups excluding carboxylic acids is 1. The third kappa shape index (κ3) is 4.87. The number of nitrogens with zero attached hydrogens (tertiary/aromatic N) is 1. The maximum atomic E-state index is 12.5. The summed E-state index contributed by atoms with van der Waals surface area (Å²) in [5.41, 5.74) is 6.76. The van der Waals surface area contributed by atoms with Crippen molar-refractivity contribution in [1.29, 1.82) is 0 Å². The zero-order valence-corrected chi connectivity index (χ0v) is 17.9. The van der Waals surface area contributed by atoms with Crippen molar-refractivity contribution in [2.45, 2.75) is 0 Å². The summed E-state index contributed by atoms with van der Waals surface area (Å²) in [6.45, 7) is 0. The van der Waals surface area contributed by atoms with Gasteiger partial charge in [0.05, 0.1) is 14.5 Å². The number of hydrogen-bond acceptors (Lipinski definition) is 5. The van der Waals surface area contributed by atoms with Gasteiger partial charge in [0.25, 0.3) is 5.91 Å². The first-order valence-electron chi connectivity index (χ1n) is 8.23. The Morgan fingerprint density at radius 1 is 1.03 bits per heavy atom. The van der Waals surface area contributed by atoms with Gasteiger partial charge in [0, 0.05) is 11.3 Å². The summed E-state index contributed by atoms with van der Waals surface area (Å²) in [5.74, 6) is 0.0479. The maximum absolute atomic E-state index is 12.5. The van der Waals surface area contributed by atoms with Crippen molar-refractivity contribution in [2.24, 2.45) is 10.9 Å². The summed E-state index contributed by atoms with van der Waals surface area (Å²) >= 11 is 6.77. The van der Waals surface area contributed by atoms with Crippen LogP contribution in [0.5, 0.6) is 17.2 Å². The van der Waals surface area contributed by atoms with Crippen LogP contribution in [0, 0.1) is 0 Å². The third-order valence-corrected chi connectivity index (χ3v) is 5.04. The summed E-state index contributed by atoms with van der Waals surface area (Å²) in [6, 6.07) is 16.5. The Hall–Kier alpha value is -3.04. The Balaban J connectivity index is 1.88. The number of aromatic hydroxyl groups is 1. The minimum Gasteiger partial charge on any atom is -0.507 e. The Bertz CT molecular complexity index is 1070. The van der Waals surface area contributed by atoms with Crippen molar-refractivity contribution in [1.82, 2.24) is 0 Å². The highest BCUT2D eigenvalue weighted by atomic mass is 79.9. The number of phenols is 1. The number of rotatable bonds is 5. The fourth-order valence-corrected chi connectivity index (χ4v) is 3.81. The van der Waals surface area contributed by atoms with Gasteiger partial charge in [0.15, 0.2) is 11.6 Å². The fraction of sp³-hybridized carbons (Fsp3) is 0. The van der Waals surface area contributed by atoms with E-state index in [1.807, 2.05) is 6.07 Å². The molecule has 0 aliphatic rings. The van der Waals surface area contributed by atoms with E-state index in [1.165, 1.54) is 18.2 Å². The van der Waals surface area contributed by atoms with Crippen LogP contribution in [0.2, 0.25) is 0 Å². The standard InChI is InChI=1S/C20H15Br2N3O4/c21-15-8-11(19(23)25-28)9-16(22)18(15)29-13-6-7-17(26)14(10-13)20(27)24-12-4-2-1-3-5-12/h1-10,26,28H,(H2,23,25)(H,24,27). The minimum atomic E-state index is -0.473. The normalized spacial score (nSPS) is 11.2. The SMILES string of the molecule is N/C(=N\O)c1cc(Br)c(Oc2ccc(O)c(C(=O)Nc3ccccc3)c2)c(Br)c1. The van der Waals surface area contributed by atoms with E-state index in [1.54, 1.807) is 36.4 Å². The molecule has 148 valence electrons. The Kier molecular flexibility index (Phi) is 6.40. The van der Waals surface area contributed by atoms with Crippen LogP contribution in [0.25, 0.3) is 0 Å². The smallest absolute Gasteiger partial charge is 0.259 e. The van der Waals surface area contributed by atoms with Gasteiger partial charge in [0.1, 0.15) is 11.5 Å². The molecular weight excluding hydrogens is 506 g/mol. The molecule has 0 spiro atoms. The van der Waals surface area contributed by atoms with Gasteiger partial charge >= 0.3 is 0 Å². The van der Waals surface area contributed by atoms with Gasteiger partial charge in [-0.15, -0.1) is 0 Å². The fourth-order valence-electron chi connectivity index (χ4n) is 2.46. The number of hydrogen-bond donors (Lipinski definition) is 4. The maximum Gasteiger partial charge on any atom is 0.259 e. The summed E-state index contributed by atoms with van der Waals surface area (Å²) < 4.78 is 6.95. The largest absolute Gasteiger partial charge is 0.507 e. The molecule has 0 aromatic heterocycles. The number of benzene rings is 3. The van der Waals surface area contributed by atoms with Crippen LogP contribution in [-0.4, -0.2) is 22.1 Å². The number of carbonyl (C=O) groups is 1. The molecule has 1 amide bonds. The molecular formula is C20H15Br2N3O4. The minimum absolute atomic E-state index is 0.0533. The predicted molar refractivity (Wildman–Crippen MR) is 117 cm³/mol. The lowest BCUT2D eigenvalue weighted by Gasteiger charge is -2.13. The Labute approximate surface area is 183 Å². The van der Waals surface area contributed by atoms with Crippen molar-refractivity contribution < 1.29 is 19.8 Å². The molecule has 5 N–H and O–H groups in total. The summed E-state index contributed by atoms with van der Waals surface area (Å²) in [5, 5.41) is 24.6. The first-order chi connectivity index (χ1) is 13.9. The second-order valence-electron chi connectivity index (χ2n) is 5.86. The van der Waals surface area contributed by atoms with Gasteiger partial charge < -0.3 is 26.1 Å². The van der Waals surface area contributed by atoms with E-state index in [2.05, 4.69) is 42.3 Å². The molecule has 29 heavy (non-hydrogen) atoms.